The van der Waals surface area contributed by atoms with Crippen molar-refractivity contribution in [1.29, 1.82) is 0 Å². The lowest BCUT2D eigenvalue weighted by atomic mass is 9.95. The molecule has 138 valence electrons. The predicted octanol–water partition coefficient (Wildman–Crippen LogP) is 3.12. The van der Waals surface area contributed by atoms with Crippen molar-refractivity contribution >= 4 is 5.91 Å². The summed E-state index contributed by atoms with van der Waals surface area (Å²) in [5, 5.41) is 4.08. The highest BCUT2D eigenvalue weighted by atomic mass is 16.5. The zero-order valence-corrected chi connectivity index (χ0v) is 15.2. The number of benzene rings is 1. The normalized spacial score (nSPS) is 20.2. The van der Waals surface area contributed by atoms with Crippen LogP contribution in [0.5, 0.6) is 5.75 Å². The summed E-state index contributed by atoms with van der Waals surface area (Å²) in [5.41, 5.74) is 1.17. The van der Waals surface area contributed by atoms with Gasteiger partial charge in [-0.1, -0.05) is 22.9 Å². The Balaban J connectivity index is 1.27. The van der Waals surface area contributed by atoms with Crippen LogP contribution in [-0.4, -0.2) is 40.6 Å². The number of carbonyl (C=O) groups excluding carboxylic acids is 1. The quantitative estimate of drug-likeness (QED) is 0.796. The lowest BCUT2D eigenvalue weighted by Crippen LogP contribution is -2.42. The van der Waals surface area contributed by atoms with Crippen molar-refractivity contribution in [3.05, 3.63) is 41.5 Å². The Morgan fingerprint density at radius 3 is 2.85 bits per heavy atom. The van der Waals surface area contributed by atoms with Gasteiger partial charge in [-0.15, -0.1) is 0 Å². The molecular formula is C20H25N3O3. The second-order valence-electron chi connectivity index (χ2n) is 7.47. The minimum absolute atomic E-state index is 0.0412. The van der Waals surface area contributed by atoms with Crippen LogP contribution < -0.4 is 4.74 Å². The van der Waals surface area contributed by atoms with Crippen LogP contribution in [0.2, 0.25) is 0 Å². The van der Waals surface area contributed by atoms with E-state index in [4.69, 9.17) is 9.26 Å². The summed E-state index contributed by atoms with van der Waals surface area (Å²) in [6.45, 7) is 3.64. The number of nitrogens with zero attached hydrogens (tertiary/aromatic N) is 3. The van der Waals surface area contributed by atoms with Gasteiger partial charge in [0.05, 0.1) is 0 Å². The molecule has 1 saturated heterocycles. The lowest BCUT2D eigenvalue weighted by Gasteiger charge is -2.32. The van der Waals surface area contributed by atoms with Crippen molar-refractivity contribution < 1.29 is 14.1 Å². The largest absolute Gasteiger partial charge is 0.484 e. The zero-order chi connectivity index (χ0) is 17.9. The number of hydrogen-bond acceptors (Lipinski definition) is 5. The van der Waals surface area contributed by atoms with Gasteiger partial charge in [-0.05, 0) is 50.7 Å². The molecule has 26 heavy (non-hydrogen) atoms. The second-order valence-corrected chi connectivity index (χ2v) is 7.47. The predicted molar refractivity (Wildman–Crippen MR) is 96.0 cm³/mol. The van der Waals surface area contributed by atoms with Gasteiger partial charge in [0, 0.05) is 25.4 Å². The Kier molecular flexibility index (Phi) is 4.91. The Labute approximate surface area is 153 Å². The van der Waals surface area contributed by atoms with Gasteiger partial charge in [0.2, 0.25) is 5.89 Å². The van der Waals surface area contributed by atoms with Gasteiger partial charge >= 0.3 is 0 Å². The summed E-state index contributed by atoms with van der Waals surface area (Å²) in [7, 11) is 0. The van der Waals surface area contributed by atoms with Gasteiger partial charge in [0.1, 0.15) is 5.75 Å². The van der Waals surface area contributed by atoms with Crippen molar-refractivity contribution in [2.24, 2.45) is 5.92 Å². The molecular weight excluding hydrogens is 330 g/mol. The number of rotatable bonds is 6. The van der Waals surface area contributed by atoms with E-state index in [0.29, 0.717) is 17.7 Å². The minimum atomic E-state index is 0.0412. The molecule has 0 spiro atoms. The monoisotopic (exact) mass is 355 g/mol. The van der Waals surface area contributed by atoms with Crippen LogP contribution in [0.1, 0.15) is 48.9 Å². The van der Waals surface area contributed by atoms with E-state index in [1.165, 1.54) is 18.4 Å². The summed E-state index contributed by atoms with van der Waals surface area (Å²) in [4.78, 5) is 18.9. The highest BCUT2D eigenvalue weighted by Gasteiger charge is 2.30. The van der Waals surface area contributed by atoms with Gasteiger partial charge in [-0.2, -0.15) is 4.98 Å². The molecule has 1 atom stereocenters. The molecule has 1 unspecified atom stereocenters. The standard InChI is InChI=1S/C20H25N3O3/c1-14-4-8-17(9-5-14)25-13-19(24)23-10-2-3-15(12-23)11-18-21-20(22-26-18)16-6-7-16/h4-5,8-9,15-16H,2-3,6-7,10-13H2,1H3. The minimum Gasteiger partial charge on any atom is -0.484 e. The molecule has 0 radical (unpaired) electrons. The summed E-state index contributed by atoms with van der Waals surface area (Å²) in [5.74, 6) is 3.23. The first kappa shape index (κ1) is 17.1. The van der Waals surface area contributed by atoms with Crippen LogP contribution in [0.25, 0.3) is 0 Å². The summed E-state index contributed by atoms with van der Waals surface area (Å²) >= 11 is 0. The van der Waals surface area contributed by atoms with E-state index in [1.807, 2.05) is 36.1 Å². The topological polar surface area (TPSA) is 68.5 Å². The molecule has 1 aromatic carbocycles. The van der Waals surface area contributed by atoms with Crippen LogP contribution in [-0.2, 0) is 11.2 Å². The Morgan fingerprint density at radius 2 is 2.08 bits per heavy atom. The van der Waals surface area contributed by atoms with Crippen molar-refractivity contribution in [2.45, 2.75) is 44.9 Å². The molecule has 4 rings (SSSR count). The number of likely N-dealkylation sites (tertiary alicyclic amines) is 1. The van der Waals surface area contributed by atoms with E-state index < -0.39 is 0 Å². The van der Waals surface area contributed by atoms with Crippen molar-refractivity contribution in [3.63, 3.8) is 0 Å². The molecule has 2 aliphatic rings. The third-order valence-electron chi connectivity index (χ3n) is 5.14. The first-order valence-corrected chi connectivity index (χ1v) is 9.47. The van der Waals surface area contributed by atoms with Crippen LogP contribution in [0.3, 0.4) is 0 Å². The summed E-state index contributed by atoms with van der Waals surface area (Å²) in [6, 6.07) is 7.76. The molecule has 0 N–H and O–H groups in total. The maximum atomic E-state index is 12.5. The van der Waals surface area contributed by atoms with E-state index in [2.05, 4.69) is 10.1 Å². The molecule has 2 aromatic rings. The first-order chi connectivity index (χ1) is 12.7. The summed E-state index contributed by atoms with van der Waals surface area (Å²) in [6.07, 6.45) is 5.19. The molecule has 6 heteroatoms. The number of hydrogen-bond donors (Lipinski definition) is 0. The Hall–Kier alpha value is -2.37. The van der Waals surface area contributed by atoms with Crippen molar-refractivity contribution in [3.8, 4) is 5.75 Å². The Morgan fingerprint density at radius 1 is 1.27 bits per heavy atom. The average Bonchev–Trinajstić information content (AvgIpc) is 3.41. The van der Waals surface area contributed by atoms with Gasteiger partial charge in [0.15, 0.2) is 12.4 Å². The van der Waals surface area contributed by atoms with Crippen LogP contribution >= 0.6 is 0 Å². The number of carbonyl (C=O) groups is 1. The van der Waals surface area contributed by atoms with E-state index in [9.17, 15) is 4.79 Å². The van der Waals surface area contributed by atoms with Gasteiger partial charge in [-0.3, -0.25) is 4.79 Å². The Bertz CT molecular complexity index is 752. The van der Waals surface area contributed by atoms with E-state index in [1.54, 1.807) is 0 Å². The highest BCUT2D eigenvalue weighted by Crippen LogP contribution is 2.38. The molecule has 0 bridgehead atoms. The fourth-order valence-electron chi connectivity index (χ4n) is 3.43. The fourth-order valence-corrected chi connectivity index (χ4v) is 3.43. The van der Waals surface area contributed by atoms with E-state index in [-0.39, 0.29) is 12.5 Å². The summed E-state index contributed by atoms with van der Waals surface area (Å²) < 4.78 is 11.0. The van der Waals surface area contributed by atoms with Gasteiger partial charge < -0.3 is 14.2 Å². The number of amides is 1. The number of piperidine rings is 1. The second kappa shape index (κ2) is 7.48. The molecule has 1 amide bonds. The van der Waals surface area contributed by atoms with Crippen molar-refractivity contribution in [1.82, 2.24) is 15.0 Å². The van der Waals surface area contributed by atoms with E-state index >= 15 is 0 Å². The average molecular weight is 355 g/mol. The van der Waals surface area contributed by atoms with Crippen LogP contribution in [0, 0.1) is 12.8 Å². The molecule has 6 nitrogen and oxygen atoms in total. The number of aryl methyl sites for hydroxylation is 1. The smallest absolute Gasteiger partial charge is 0.260 e. The highest BCUT2D eigenvalue weighted by molar-refractivity contribution is 5.77. The maximum absolute atomic E-state index is 12.5. The van der Waals surface area contributed by atoms with Crippen LogP contribution in [0.15, 0.2) is 28.8 Å². The molecule has 1 saturated carbocycles. The molecule has 2 fully saturated rings. The van der Waals surface area contributed by atoms with Gasteiger partial charge in [0.25, 0.3) is 5.91 Å². The van der Waals surface area contributed by atoms with Gasteiger partial charge in [-0.25, -0.2) is 0 Å². The first-order valence-electron chi connectivity index (χ1n) is 9.47. The SMILES string of the molecule is Cc1ccc(OCC(=O)N2CCCC(Cc3nc(C4CC4)no3)C2)cc1. The maximum Gasteiger partial charge on any atom is 0.260 e. The third-order valence-corrected chi connectivity index (χ3v) is 5.14. The lowest BCUT2D eigenvalue weighted by molar-refractivity contribution is -0.135. The fraction of sp³-hybridized carbons (Fsp3) is 0.550. The number of aromatic nitrogens is 2. The number of ether oxygens (including phenoxy) is 1. The van der Waals surface area contributed by atoms with Crippen LogP contribution in [0.4, 0.5) is 0 Å². The van der Waals surface area contributed by atoms with E-state index in [0.717, 1.165) is 43.9 Å². The molecule has 1 aliphatic heterocycles. The molecule has 1 aliphatic carbocycles. The molecule has 1 aromatic heterocycles. The molecule has 2 heterocycles. The van der Waals surface area contributed by atoms with Crippen molar-refractivity contribution in [2.75, 3.05) is 19.7 Å². The zero-order valence-electron chi connectivity index (χ0n) is 15.2. The third kappa shape index (κ3) is 4.23.